The predicted octanol–water partition coefficient (Wildman–Crippen LogP) is 16.2. The van der Waals surface area contributed by atoms with Gasteiger partial charge in [0, 0.05) is 9.52 Å². The van der Waals surface area contributed by atoms with Gasteiger partial charge in [-0.15, -0.1) is 69.1 Å². The molecular weight excluding hydrogens is 767 g/mol. The molecule has 52 heavy (non-hydrogen) atoms. The van der Waals surface area contributed by atoms with Gasteiger partial charge < -0.3 is 0 Å². The number of fused-ring (bicyclic) bond motifs is 2. The minimum absolute atomic E-state index is 0.144. The van der Waals surface area contributed by atoms with Gasteiger partial charge in [-0.2, -0.15) is 12.1 Å². The van der Waals surface area contributed by atoms with Crippen LogP contribution >= 0.6 is 17.0 Å². The summed E-state index contributed by atoms with van der Waals surface area (Å²) in [7, 11) is 11.0. The van der Waals surface area contributed by atoms with Crippen molar-refractivity contribution >= 4 is 48.1 Å². The van der Waals surface area contributed by atoms with Crippen molar-refractivity contribution < 1.29 is 20.8 Å². The van der Waals surface area contributed by atoms with Crippen molar-refractivity contribution in [3.05, 3.63) is 131 Å². The molecule has 274 valence electrons. The van der Waals surface area contributed by atoms with Gasteiger partial charge in [-0.1, -0.05) is 167 Å². The molecule has 6 aromatic rings. The fraction of sp³-hybridized carbons (Fsp3) is 0.375. The standard InChI is InChI=1S/2C23H27.C2H6Si.2ClH.Zr/c2*1-6-16(2)18-14-17-10-9-12-19(21(17)15-18)20-11-7-8-13-22(20)23(3,4)5;1-3-2;;;/h2*7-16H,6H2,1-5H3;1-2H3;2*1H;/q2*-1;;;;+4/p-2. The van der Waals surface area contributed by atoms with E-state index in [9.17, 15) is 0 Å². The molecule has 0 aliphatic carbocycles. The van der Waals surface area contributed by atoms with E-state index in [2.05, 4.69) is 192 Å². The van der Waals surface area contributed by atoms with Crippen molar-refractivity contribution in [2.24, 2.45) is 0 Å². The van der Waals surface area contributed by atoms with E-state index >= 15 is 0 Å². The Hall–Kier alpha value is -2.22. The molecule has 4 heteroatoms. The second-order valence-corrected chi connectivity index (χ2v) is 20.7. The van der Waals surface area contributed by atoms with Crippen molar-refractivity contribution in [3.63, 3.8) is 0 Å². The van der Waals surface area contributed by atoms with Gasteiger partial charge >= 0.3 is 37.9 Å². The van der Waals surface area contributed by atoms with E-state index in [4.69, 9.17) is 17.0 Å². The number of halogens is 2. The van der Waals surface area contributed by atoms with Gasteiger partial charge in [0.2, 0.25) is 0 Å². The van der Waals surface area contributed by atoms with E-state index in [0.717, 1.165) is 9.52 Å². The fourth-order valence-corrected chi connectivity index (χ4v) is 6.77. The Kier molecular flexibility index (Phi) is 17.4. The molecule has 2 unspecified atom stereocenters. The fourth-order valence-electron chi connectivity index (χ4n) is 6.77. The number of rotatable bonds is 6. The van der Waals surface area contributed by atoms with E-state index in [-0.39, 0.29) is 10.8 Å². The summed E-state index contributed by atoms with van der Waals surface area (Å²) in [4.78, 5) is 0. The number of hydrogen-bond donors (Lipinski definition) is 0. The van der Waals surface area contributed by atoms with Gasteiger partial charge in [-0.3, -0.25) is 0 Å². The van der Waals surface area contributed by atoms with Gasteiger partial charge in [0.05, 0.1) is 0 Å². The quantitative estimate of drug-likeness (QED) is 0.116. The summed E-state index contributed by atoms with van der Waals surface area (Å²) >= 11 is -0.826. The first-order valence-electron chi connectivity index (χ1n) is 18.8. The van der Waals surface area contributed by atoms with Crippen LogP contribution in [0.5, 0.6) is 0 Å². The Labute approximate surface area is 338 Å². The summed E-state index contributed by atoms with van der Waals surface area (Å²) in [6, 6.07) is 40.6. The molecule has 0 saturated carbocycles. The zero-order valence-electron chi connectivity index (χ0n) is 33.7. The van der Waals surface area contributed by atoms with Crippen LogP contribution in [0.25, 0.3) is 43.8 Å². The van der Waals surface area contributed by atoms with Crippen molar-refractivity contribution in [1.29, 1.82) is 0 Å². The van der Waals surface area contributed by atoms with E-state index in [1.165, 1.54) is 78.9 Å². The Morgan fingerprint density at radius 1 is 0.558 bits per heavy atom. The third kappa shape index (κ3) is 11.4. The van der Waals surface area contributed by atoms with Crippen LogP contribution in [0.2, 0.25) is 13.1 Å². The molecule has 0 heterocycles. The van der Waals surface area contributed by atoms with Crippen LogP contribution in [0.15, 0.2) is 109 Å². The third-order valence-electron chi connectivity index (χ3n) is 9.96. The Morgan fingerprint density at radius 2 is 0.865 bits per heavy atom. The number of hydrogen-bond acceptors (Lipinski definition) is 0. The zero-order valence-corrected chi connectivity index (χ0v) is 38.7. The summed E-state index contributed by atoms with van der Waals surface area (Å²) in [6.07, 6.45) is 2.37. The molecule has 0 saturated heterocycles. The van der Waals surface area contributed by atoms with Gasteiger partial charge in [-0.25, -0.2) is 0 Å². The first kappa shape index (κ1) is 44.2. The van der Waals surface area contributed by atoms with E-state index in [0.29, 0.717) is 11.8 Å². The normalized spacial score (nSPS) is 12.4. The Bertz CT molecular complexity index is 1820. The minimum atomic E-state index is -0.826. The SMILES string of the molecule is CCC(C)c1cc2c(-c3ccccc3C(C)(C)C)cccc2[cH-]1.CCC(C)c1cc2c(-c3ccccc3C(C)(C)C)cccc2[cH-]1.C[Si]C.[Cl][Zr+2][Cl]. The first-order valence-corrected chi connectivity index (χ1v) is 27.1. The second-order valence-electron chi connectivity index (χ2n) is 16.0. The zero-order chi connectivity index (χ0) is 38.6. The monoisotopic (exact) mass is 824 g/mol. The molecule has 6 aromatic carbocycles. The number of benzene rings is 4. The van der Waals surface area contributed by atoms with Crippen LogP contribution in [0.3, 0.4) is 0 Å². The summed E-state index contributed by atoms with van der Waals surface area (Å²) in [5.74, 6) is 1.24. The second kappa shape index (κ2) is 20.5. The first-order chi connectivity index (χ1) is 24.7. The van der Waals surface area contributed by atoms with Crippen molar-refractivity contribution in [1.82, 2.24) is 0 Å². The van der Waals surface area contributed by atoms with Crippen LogP contribution in [-0.4, -0.2) is 9.52 Å². The van der Waals surface area contributed by atoms with E-state index in [1.54, 1.807) is 0 Å². The van der Waals surface area contributed by atoms with Crippen molar-refractivity contribution in [3.8, 4) is 22.3 Å². The third-order valence-corrected chi connectivity index (χ3v) is 9.96. The Morgan fingerprint density at radius 3 is 1.17 bits per heavy atom. The average molecular weight is 827 g/mol. The van der Waals surface area contributed by atoms with Crippen LogP contribution in [0.1, 0.15) is 116 Å². The summed E-state index contributed by atoms with van der Waals surface area (Å²) < 4.78 is 0. The molecule has 0 bridgehead atoms. The molecule has 2 radical (unpaired) electrons. The Balaban J connectivity index is 0.000000244. The molecule has 0 aromatic heterocycles. The topological polar surface area (TPSA) is 0 Å². The molecule has 0 N–H and O–H groups in total. The van der Waals surface area contributed by atoms with Gasteiger partial charge in [-0.05, 0) is 44.9 Å². The van der Waals surface area contributed by atoms with E-state index < -0.39 is 20.8 Å². The molecule has 6 rings (SSSR count). The molecule has 0 amide bonds. The average Bonchev–Trinajstić information content (AvgIpc) is 3.76. The molecule has 0 aliphatic heterocycles. The molecule has 0 aliphatic rings. The van der Waals surface area contributed by atoms with Gasteiger partial charge in [0.15, 0.2) is 0 Å². The van der Waals surface area contributed by atoms with Gasteiger partial charge in [0.25, 0.3) is 0 Å². The van der Waals surface area contributed by atoms with Crippen LogP contribution in [-0.2, 0) is 31.7 Å². The van der Waals surface area contributed by atoms with Crippen molar-refractivity contribution in [2.45, 2.75) is 118 Å². The maximum atomic E-state index is 4.93. The molecule has 0 nitrogen and oxygen atoms in total. The molecule has 0 spiro atoms. The maximum absolute atomic E-state index is 4.93. The van der Waals surface area contributed by atoms with Crippen molar-refractivity contribution in [2.75, 3.05) is 0 Å². The summed E-state index contributed by atoms with van der Waals surface area (Å²) in [5.41, 5.74) is 11.5. The van der Waals surface area contributed by atoms with Crippen LogP contribution in [0, 0.1) is 0 Å². The predicted molar refractivity (Wildman–Crippen MR) is 234 cm³/mol. The molecule has 0 fully saturated rings. The van der Waals surface area contributed by atoms with Gasteiger partial charge in [0.1, 0.15) is 0 Å². The summed E-state index contributed by atoms with van der Waals surface area (Å²) in [6.45, 7) is 27.2. The summed E-state index contributed by atoms with van der Waals surface area (Å²) in [5, 5.41) is 5.50. The van der Waals surface area contributed by atoms with E-state index in [1.807, 2.05) is 0 Å². The van der Waals surface area contributed by atoms with Crippen LogP contribution in [0.4, 0.5) is 0 Å². The molecule has 2 atom stereocenters. The van der Waals surface area contributed by atoms with Crippen LogP contribution < -0.4 is 0 Å². The molecular formula is C48H60Cl2SiZr.